The fourth-order valence-electron chi connectivity index (χ4n) is 1.72. The summed E-state index contributed by atoms with van der Waals surface area (Å²) in [6.45, 7) is 0.0987. The second kappa shape index (κ2) is 4.95. The third kappa shape index (κ3) is 3.21. The van der Waals surface area contributed by atoms with Crippen molar-refractivity contribution in [3.8, 4) is 5.75 Å². The third-order valence-electron chi connectivity index (χ3n) is 2.53. The maximum atomic E-state index is 11.6. The second-order valence-electron chi connectivity index (χ2n) is 4.06. The van der Waals surface area contributed by atoms with Crippen molar-refractivity contribution in [2.75, 3.05) is 19.4 Å². The molecule has 0 aliphatic carbocycles. The lowest BCUT2D eigenvalue weighted by Gasteiger charge is -2.11. The van der Waals surface area contributed by atoms with Crippen molar-refractivity contribution in [2.24, 2.45) is 0 Å². The van der Waals surface area contributed by atoms with E-state index in [2.05, 4.69) is 10.0 Å². The van der Waals surface area contributed by atoms with Crippen LogP contribution in [0.25, 0.3) is 0 Å². The Labute approximate surface area is 105 Å². The molecule has 98 valence electrons. The van der Waals surface area contributed by atoms with Gasteiger partial charge in [0.1, 0.15) is 12.4 Å². The zero-order valence-corrected chi connectivity index (χ0v) is 10.7. The fourth-order valence-corrected chi connectivity index (χ4v) is 2.12. The van der Waals surface area contributed by atoms with E-state index in [0.717, 1.165) is 17.6 Å². The van der Waals surface area contributed by atoms with Gasteiger partial charge in [-0.1, -0.05) is 18.2 Å². The Morgan fingerprint density at radius 1 is 1.44 bits per heavy atom. The molecule has 1 aliphatic heterocycles. The number of amides is 1. The number of benzene rings is 1. The highest BCUT2D eigenvalue weighted by molar-refractivity contribution is 7.88. The Morgan fingerprint density at radius 3 is 2.89 bits per heavy atom. The standard InChI is InChI=1S/C11H14N2O4S/c1-18(15,16)12-6-11(14)13-9-7-17-10-5-3-2-4-8(9)10/h2-5,9,12H,6-7H2,1H3,(H,13,14). The molecule has 0 fully saturated rings. The van der Waals surface area contributed by atoms with Gasteiger partial charge in [-0.3, -0.25) is 4.79 Å². The van der Waals surface area contributed by atoms with Gasteiger partial charge in [0.05, 0.1) is 18.8 Å². The van der Waals surface area contributed by atoms with Crippen LogP contribution < -0.4 is 14.8 Å². The van der Waals surface area contributed by atoms with Gasteiger partial charge in [-0.25, -0.2) is 13.1 Å². The molecule has 0 saturated carbocycles. The summed E-state index contributed by atoms with van der Waals surface area (Å²) >= 11 is 0. The van der Waals surface area contributed by atoms with Crippen molar-refractivity contribution in [1.82, 2.24) is 10.0 Å². The van der Waals surface area contributed by atoms with E-state index in [4.69, 9.17) is 4.74 Å². The largest absolute Gasteiger partial charge is 0.491 e. The summed E-state index contributed by atoms with van der Waals surface area (Å²) in [6, 6.07) is 7.19. The van der Waals surface area contributed by atoms with Crippen LogP contribution in [0.15, 0.2) is 24.3 Å². The summed E-state index contributed by atoms with van der Waals surface area (Å²) < 4.78 is 29.3. The van der Waals surface area contributed by atoms with Gasteiger partial charge in [0, 0.05) is 5.56 Å². The fraction of sp³-hybridized carbons (Fsp3) is 0.364. The van der Waals surface area contributed by atoms with Crippen LogP contribution in [0.3, 0.4) is 0 Å². The number of para-hydroxylation sites is 1. The molecular weight excluding hydrogens is 256 g/mol. The van der Waals surface area contributed by atoms with Crippen molar-refractivity contribution >= 4 is 15.9 Å². The molecule has 0 saturated heterocycles. The molecular formula is C11H14N2O4S. The molecule has 2 rings (SSSR count). The lowest BCUT2D eigenvalue weighted by atomic mass is 10.1. The van der Waals surface area contributed by atoms with E-state index in [1.165, 1.54) is 0 Å². The van der Waals surface area contributed by atoms with Crippen molar-refractivity contribution in [3.63, 3.8) is 0 Å². The number of carbonyl (C=O) groups is 1. The molecule has 1 amide bonds. The monoisotopic (exact) mass is 270 g/mol. The highest BCUT2D eigenvalue weighted by Gasteiger charge is 2.24. The van der Waals surface area contributed by atoms with Crippen LogP contribution in [0.4, 0.5) is 0 Å². The Morgan fingerprint density at radius 2 is 2.17 bits per heavy atom. The quantitative estimate of drug-likeness (QED) is 0.792. The zero-order valence-electron chi connectivity index (χ0n) is 9.84. The molecule has 1 heterocycles. The number of carbonyl (C=O) groups excluding carboxylic acids is 1. The van der Waals surface area contributed by atoms with Crippen LogP contribution in [0.1, 0.15) is 11.6 Å². The van der Waals surface area contributed by atoms with Crippen molar-refractivity contribution < 1.29 is 17.9 Å². The highest BCUT2D eigenvalue weighted by atomic mass is 32.2. The van der Waals surface area contributed by atoms with E-state index in [1.54, 1.807) is 0 Å². The predicted molar refractivity (Wildman–Crippen MR) is 65.7 cm³/mol. The molecule has 6 nitrogen and oxygen atoms in total. The number of hydrogen-bond acceptors (Lipinski definition) is 4. The topological polar surface area (TPSA) is 84.5 Å². The smallest absolute Gasteiger partial charge is 0.235 e. The summed E-state index contributed by atoms with van der Waals surface area (Å²) in [4.78, 5) is 11.6. The third-order valence-corrected chi connectivity index (χ3v) is 3.20. The van der Waals surface area contributed by atoms with Gasteiger partial charge in [0.15, 0.2) is 0 Å². The summed E-state index contributed by atoms with van der Waals surface area (Å²) in [5.74, 6) is 0.365. The number of hydrogen-bond donors (Lipinski definition) is 2. The van der Waals surface area contributed by atoms with E-state index in [1.807, 2.05) is 24.3 Å². The van der Waals surface area contributed by atoms with Crippen LogP contribution in [-0.2, 0) is 14.8 Å². The molecule has 1 aromatic carbocycles. The normalized spacial score (nSPS) is 17.9. The SMILES string of the molecule is CS(=O)(=O)NCC(=O)NC1COc2ccccc21. The molecule has 1 unspecified atom stereocenters. The first-order valence-corrected chi connectivity index (χ1v) is 7.30. The Hall–Kier alpha value is -1.60. The van der Waals surface area contributed by atoms with Crippen molar-refractivity contribution in [2.45, 2.75) is 6.04 Å². The first kappa shape index (κ1) is 12.8. The number of rotatable bonds is 4. The van der Waals surface area contributed by atoms with Gasteiger partial charge >= 0.3 is 0 Å². The highest BCUT2D eigenvalue weighted by Crippen LogP contribution is 2.31. The minimum atomic E-state index is -3.36. The van der Waals surface area contributed by atoms with Crippen LogP contribution >= 0.6 is 0 Å². The van der Waals surface area contributed by atoms with E-state index in [-0.39, 0.29) is 18.5 Å². The molecule has 1 atom stereocenters. The molecule has 0 spiro atoms. The Kier molecular flexibility index (Phi) is 3.53. The maximum Gasteiger partial charge on any atom is 0.235 e. The van der Waals surface area contributed by atoms with E-state index >= 15 is 0 Å². The zero-order chi connectivity index (χ0) is 13.2. The van der Waals surface area contributed by atoms with Crippen LogP contribution in [0.5, 0.6) is 5.75 Å². The van der Waals surface area contributed by atoms with Gasteiger partial charge in [-0.2, -0.15) is 0 Å². The first-order valence-electron chi connectivity index (χ1n) is 5.41. The maximum absolute atomic E-state index is 11.6. The molecule has 0 bridgehead atoms. The Balaban J connectivity index is 1.94. The summed E-state index contributed by atoms with van der Waals surface area (Å²) in [5.41, 5.74) is 0.908. The lowest BCUT2D eigenvalue weighted by Crippen LogP contribution is -2.38. The van der Waals surface area contributed by atoms with E-state index in [0.29, 0.717) is 6.61 Å². The minimum Gasteiger partial charge on any atom is -0.491 e. The molecule has 18 heavy (non-hydrogen) atoms. The van der Waals surface area contributed by atoms with Crippen molar-refractivity contribution in [3.05, 3.63) is 29.8 Å². The summed E-state index contributed by atoms with van der Waals surface area (Å²) in [7, 11) is -3.36. The van der Waals surface area contributed by atoms with Gasteiger partial charge in [0.25, 0.3) is 0 Å². The average molecular weight is 270 g/mol. The van der Waals surface area contributed by atoms with E-state index in [9.17, 15) is 13.2 Å². The number of sulfonamides is 1. The first-order chi connectivity index (χ1) is 8.46. The average Bonchev–Trinajstić information content (AvgIpc) is 2.70. The molecule has 2 N–H and O–H groups in total. The number of fused-ring (bicyclic) bond motifs is 1. The van der Waals surface area contributed by atoms with Crippen molar-refractivity contribution in [1.29, 1.82) is 0 Å². The molecule has 7 heteroatoms. The van der Waals surface area contributed by atoms with Gasteiger partial charge in [-0.05, 0) is 6.07 Å². The summed E-state index contributed by atoms with van der Waals surface area (Å²) in [5, 5.41) is 2.72. The van der Waals surface area contributed by atoms with Crippen LogP contribution in [0.2, 0.25) is 0 Å². The second-order valence-corrected chi connectivity index (χ2v) is 5.90. The predicted octanol–water partition coefficient (Wildman–Crippen LogP) is -0.214. The Bertz CT molecular complexity index is 556. The lowest BCUT2D eigenvalue weighted by molar-refractivity contribution is -0.120. The minimum absolute atomic E-state index is 0.227. The summed E-state index contributed by atoms with van der Waals surface area (Å²) in [6.07, 6.45) is 1.01. The van der Waals surface area contributed by atoms with Gasteiger partial charge in [0.2, 0.25) is 15.9 Å². The number of nitrogens with one attached hydrogen (secondary N) is 2. The van der Waals surface area contributed by atoms with Gasteiger partial charge in [-0.15, -0.1) is 0 Å². The number of ether oxygens (including phenoxy) is 1. The van der Waals surface area contributed by atoms with Crippen LogP contribution in [-0.4, -0.2) is 33.7 Å². The molecule has 0 aromatic heterocycles. The molecule has 0 radical (unpaired) electrons. The molecule has 1 aliphatic rings. The van der Waals surface area contributed by atoms with Crippen LogP contribution in [0, 0.1) is 0 Å². The van der Waals surface area contributed by atoms with E-state index < -0.39 is 10.0 Å². The molecule has 1 aromatic rings. The van der Waals surface area contributed by atoms with Gasteiger partial charge < -0.3 is 10.1 Å².